The highest BCUT2D eigenvalue weighted by Gasteiger charge is 2.20. The maximum absolute atomic E-state index is 9.93. The third-order valence-corrected chi connectivity index (χ3v) is 10.8. The van der Waals surface area contributed by atoms with Crippen LogP contribution in [0.15, 0.2) is 170 Å². The van der Waals surface area contributed by atoms with E-state index in [0.29, 0.717) is 5.56 Å². The molecule has 0 saturated heterocycles. The SMILES string of the molecule is N#Cc1ccc2c3c1ccc1cc(-c4cccc(-c5cc6ccc7cc(-c8ccccc8)cc8ccc(c5)c6c78)c4)cc(c13)n2-c1ccccc1. The molecule has 0 aliphatic carbocycles. The van der Waals surface area contributed by atoms with Crippen molar-refractivity contribution in [3.63, 3.8) is 0 Å². The molecule has 0 bridgehead atoms. The van der Waals surface area contributed by atoms with Gasteiger partial charge in [0, 0.05) is 21.8 Å². The van der Waals surface area contributed by atoms with Crippen LogP contribution >= 0.6 is 0 Å². The lowest BCUT2D eigenvalue weighted by molar-refractivity contribution is 1.18. The molecule has 0 aliphatic rings. The quantitative estimate of drug-likeness (QED) is 0.175. The molecular weight excluding hydrogens is 617 g/mol. The van der Waals surface area contributed by atoms with Crippen molar-refractivity contribution in [2.75, 3.05) is 0 Å². The van der Waals surface area contributed by atoms with E-state index in [4.69, 9.17) is 0 Å². The number of hydrogen-bond acceptors (Lipinski definition) is 1. The van der Waals surface area contributed by atoms with Gasteiger partial charge in [-0.25, -0.2) is 0 Å². The third kappa shape index (κ3) is 4.10. The van der Waals surface area contributed by atoms with Crippen molar-refractivity contribution in [1.82, 2.24) is 4.57 Å². The lowest BCUT2D eigenvalue weighted by atomic mass is 9.89. The fraction of sp³-hybridized carbons (Fsp3) is 0. The Hall–Kier alpha value is -6.95. The van der Waals surface area contributed by atoms with E-state index in [-0.39, 0.29) is 0 Å². The Morgan fingerprint density at radius 1 is 0.353 bits per heavy atom. The Morgan fingerprint density at radius 3 is 1.47 bits per heavy atom. The van der Waals surface area contributed by atoms with Crippen LogP contribution in [-0.2, 0) is 0 Å². The number of hydrogen-bond donors (Lipinski definition) is 0. The Kier molecular flexibility index (Phi) is 5.77. The van der Waals surface area contributed by atoms with Crippen molar-refractivity contribution in [3.8, 4) is 45.1 Å². The second kappa shape index (κ2) is 10.5. The second-order valence-electron chi connectivity index (χ2n) is 13.7. The van der Waals surface area contributed by atoms with Crippen LogP contribution in [0, 0.1) is 11.3 Å². The van der Waals surface area contributed by atoms with Crippen molar-refractivity contribution >= 4 is 64.9 Å². The summed E-state index contributed by atoms with van der Waals surface area (Å²) in [5.41, 5.74) is 11.3. The molecule has 2 nitrogen and oxygen atoms in total. The molecule has 2 heteroatoms. The molecular formula is C49H28N2. The highest BCUT2D eigenvalue weighted by molar-refractivity contribution is 6.26. The highest BCUT2D eigenvalue weighted by atomic mass is 15.0. The van der Waals surface area contributed by atoms with Gasteiger partial charge in [-0.05, 0) is 138 Å². The molecule has 0 fully saturated rings. The molecule has 0 unspecified atom stereocenters. The fourth-order valence-electron chi connectivity index (χ4n) is 8.56. The predicted octanol–water partition coefficient (Wildman–Crippen LogP) is 13.1. The van der Waals surface area contributed by atoms with Crippen molar-refractivity contribution < 1.29 is 0 Å². The van der Waals surface area contributed by atoms with Gasteiger partial charge in [-0.2, -0.15) is 5.26 Å². The maximum atomic E-state index is 9.93. The number of nitrogens with zero attached hydrogens (tertiary/aromatic N) is 2. The minimum absolute atomic E-state index is 0.707. The number of aromatic nitrogens is 1. The topological polar surface area (TPSA) is 28.7 Å². The summed E-state index contributed by atoms with van der Waals surface area (Å²) in [5.74, 6) is 0. The monoisotopic (exact) mass is 644 g/mol. The molecule has 0 N–H and O–H groups in total. The fourth-order valence-corrected chi connectivity index (χ4v) is 8.56. The van der Waals surface area contributed by atoms with Gasteiger partial charge in [0.15, 0.2) is 0 Å². The summed E-state index contributed by atoms with van der Waals surface area (Å²) in [5, 5.41) is 22.2. The van der Waals surface area contributed by atoms with Gasteiger partial charge < -0.3 is 4.57 Å². The Morgan fingerprint density at radius 2 is 0.863 bits per heavy atom. The normalized spacial score (nSPS) is 11.9. The standard InChI is InChI=1S/C49H28N2/c50-29-38-19-21-44-49-43(38)20-18-37-27-41(28-45(48(37)49)51(44)42-12-5-2-6-13-42)32-11-7-10-31(22-32)40-25-35-16-14-33-23-39(30-8-3-1-4-9-30)24-34-15-17-36(26-40)47(35)46(33)34/h1-28H. The Balaban J connectivity index is 1.07. The van der Waals surface area contributed by atoms with Crippen LogP contribution < -0.4 is 0 Å². The molecule has 0 spiro atoms. The summed E-state index contributed by atoms with van der Waals surface area (Å²) in [6, 6.07) is 64.0. The molecule has 11 aromatic rings. The molecule has 0 amide bonds. The molecule has 0 atom stereocenters. The summed E-state index contributed by atoms with van der Waals surface area (Å²) in [6.45, 7) is 0. The lowest BCUT2D eigenvalue weighted by Crippen LogP contribution is -1.93. The van der Waals surface area contributed by atoms with E-state index < -0.39 is 0 Å². The minimum Gasteiger partial charge on any atom is -0.309 e. The van der Waals surface area contributed by atoms with Crippen molar-refractivity contribution in [3.05, 3.63) is 175 Å². The molecule has 51 heavy (non-hydrogen) atoms. The first-order chi connectivity index (χ1) is 25.2. The van der Waals surface area contributed by atoms with E-state index in [1.165, 1.54) is 76.5 Å². The van der Waals surface area contributed by atoms with Crippen molar-refractivity contribution in [2.45, 2.75) is 0 Å². The van der Waals surface area contributed by atoms with E-state index in [1.807, 2.05) is 6.07 Å². The molecule has 0 saturated carbocycles. The first-order valence-electron chi connectivity index (χ1n) is 17.4. The number of para-hydroxylation sites is 1. The number of rotatable bonds is 4. The largest absolute Gasteiger partial charge is 0.309 e. The Bertz CT molecular complexity index is 3110. The lowest BCUT2D eigenvalue weighted by Gasteiger charge is -2.15. The van der Waals surface area contributed by atoms with Crippen LogP contribution in [0.5, 0.6) is 0 Å². The first-order valence-corrected chi connectivity index (χ1v) is 17.4. The summed E-state index contributed by atoms with van der Waals surface area (Å²) in [7, 11) is 0. The number of benzene rings is 10. The van der Waals surface area contributed by atoms with E-state index in [9.17, 15) is 5.26 Å². The molecule has 1 heterocycles. The average molecular weight is 645 g/mol. The van der Waals surface area contributed by atoms with Crippen LogP contribution in [0.25, 0.3) is 104 Å². The van der Waals surface area contributed by atoms with Gasteiger partial charge in [-0.1, -0.05) is 103 Å². The number of nitriles is 1. The van der Waals surface area contributed by atoms with Gasteiger partial charge in [-0.15, -0.1) is 0 Å². The van der Waals surface area contributed by atoms with Crippen molar-refractivity contribution in [1.29, 1.82) is 5.26 Å². The highest BCUT2D eigenvalue weighted by Crippen LogP contribution is 2.43. The van der Waals surface area contributed by atoms with Crippen molar-refractivity contribution in [2.24, 2.45) is 0 Å². The van der Waals surface area contributed by atoms with Gasteiger partial charge in [0.25, 0.3) is 0 Å². The zero-order valence-electron chi connectivity index (χ0n) is 27.6. The van der Waals surface area contributed by atoms with Crippen LogP contribution in [0.4, 0.5) is 0 Å². The van der Waals surface area contributed by atoms with Gasteiger partial charge >= 0.3 is 0 Å². The molecule has 234 valence electrons. The zero-order chi connectivity index (χ0) is 33.6. The third-order valence-electron chi connectivity index (χ3n) is 10.8. The van der Waals surface area contributed by atoms with Gasteiger partial charge in [0.05, 0.1) is 22.7 Å². The molecule has 0 aliphatic heterocycles. The Labute approximate surface area is 294 Å². The van der Waals surface area contributed by atoms with Crippen LogP contribution in [0.3, 0.4) is 0 Å². The summed E-state index contributed by atoms with van der Waals surface area (Å²) < 4.78 is 2.35. The minimum atomic E-state index is 0.707. The molecule has 10 aromatic carbocycles. The maximum Gasteiger partial charge on any atom is 0.0998 e. The van der Waals surface area contributed by atoms with Crippen LogP contribution in [0.1, 0.15) is 5.56 Å². The zero-order valence-corrected chi connectivity index (χ0v) is 27.6. The first kappa shape index (κ1) is 27.9. The van der Waals surface area contributed by atoms with Gasteiger partial charge in [-0.3, -0.25) is 0 Å². The van der Waals surface area contributed by atoms with E-state index in [1.54, 1.807) is 0 Å². The predicted molar refractivity (Wildman–Crippen MR) is 214 cm³/mol. The van der Waals surface area contributed by atoms with E-state index >= 15 is 0 Å². The van der Waals surface area contributed by atoms with Gasteiger partial charge in [0.1, 0.15) is 0 Å². The van der Waals surface area contributed by atoms with E-state index in [2.05, 4.69) is 174 Å². The van der Waals surface area contributed by atoms with Gasteiger partial charge in [0.2, 0.25) is 0 Å². The summed E-state index contributed by atoms with van der Waals surface area (Å²) in [6.07, 6.45) is 0. The summed E-state index contributed by atoms with van der Waals surface area (Å²) in [4.78, 5) is 0. The van der Waals surface area contributed by atoms with Crippen LogP contribution in [0.2, 0.25) is 0 Å². The molecule has 11 rings (SSSR count). The second-order valence-corrected chi connectivity index (χ2v) is 13.7. The summed E-state index contributed by atoms with van der Waals surface area (Å²) >= 11 is 0. The van der Waals surface area contributed by atoms with E-state index in [0.717, 1.165) is 27.5 Å². The molecule has 0 radical (unpaired) electrons. The average Bonchev–Trinajstić information content (AvgIpc) is 3.54. The smallest absolute Gasteiger partial charge is 0.0998 e. The molecule has 1 aromatic heterocycles. The van der Waals surface area contributed by atoms with Crippen LogP contribution in [-0.4, -0.2) is 4.57 Å².